The second-order valence-corrected chi connectivity index (χ2v) is 8.19. The third kappa shape index (κ3) is 10.3. The van der Waals surface area contributed by atoms with Gasteiger partial charge in [0.25, 0.3) is 0 Å². The number of hydrogen-bond donors (Lipinski definition) is 1. The Morgan fingerprint density at radius 1 is 0.720 bits per heavy atom. The summed E-state index contributed by atoms with van der Waals surface area (Å²) in [6.07, 6.45) is 18.9. The maximum Gasteiger partial charge on any atom is 0.309 e. The van der Waals surface area contributed by atoms with E-state index in [9.17, 15) is 9.90 Å². The SMILES string of the molecule is CCCCCCCCC(C)C(CCC)(CCCCCCCC)C(=O)O. The predicted molar refractivity (Wildman–Crippen MR) is 110 cm³/mol. The van der Waals surface area contributed by atoms with Crippen LogP contribution in [-0.4, -0.2) is 11.1 Å². The summed E-state index contributed by atoms with van der Waals surface area (Å²) < 4.78 is 0. The van der Waals surface area contributed by atoms with Gasteiger partial charge in [-0.05, 0) is 25.2 Å². The van der Waals surface area contributed by atoms with Gasteiger partial charge in [0.1, 0.15) is 0 Å². The van der Waals surface area contributed by atoms with Gasteiger partial charge in [-0.25, -0.2) is 0 Å². The molecule has 0 aliphatic heterocycles. The van der Waals surface area contributed by atoms with Crippen LogP contribution in [0.5, 0.6) is 0 Å². The molecule has 2 atom stereocenters. The van der Waals surface area contributed by atoms with E-state index in [1.807, 2.05) is 0 Å². The van der Waals surface area contributed by atoms with Gasteiger partial charge >= 0.3 is 5.97 Å². The molecule has 0 bridgehead atoms. The van der Waals surface area contributed by atoms with Crippen LogP contribution in [0.1, 0.15) is 130 Å². The van der Waals surface area contributed by atoms with E-state index in [2.05, 4.69) is 27.7 Å². The fraction of sp³-hybridized carbons (Fsp3) is 0.957. The summed E-state index contributed by atoms with van der Waals surface area (Å²) in [6.45, 7) is 8.82. The third-order valence-corrected chi connectivity index (χ3v) is 6.03. The summed E-state index contributed by atoms with van der Waals surface area (Å²) >= 11 is 0. The van der Waals surface area contributed by atoms with Crippen LogP contribution in [0, 0.1) is 11.3 Å². The van der Waals surface area contributed by atoms with Gasteiger partial charge in [-0.3, -0.25) is 4.79 Å². The highest BCUT2D eigenvalue weighted by molar-refractivity contribution is 5.75. The molecular formula is C23H46O2. The van der Waals surface area contributed by atoms with Crippen molar-refractivity contribution < 1.29 is 9.90 Å². The van der Waals surface area contributed by atoms with Gasteiger partial charge in [-0.1, -0.05) is 111 Å². The highest BCUT2D eigenvalue weighted by atomic mass is 16.4. The summed E-state index contributed by atoms with van der Waals surface area (Å²) in [6, 6.07) is 0. The van der Waals surface area contributed by atoms with Gasteiger partial charge in [0, 0.05) is 0 Å². The molecule has 0 aromatic carbocycles. The molecule has 0 amide bonds. The first-order valence-electron chi connectivity index (χ1n) is 11.3. The first-order valence-corrected chi connectivity index (χ1v) is 11.3. The van der Waals surface area contributed by atoms with Crippen molar-refractivity contribution in [1.29, 1.82) is 0 Å². The van der Waals surface area contributed by atoms with Crippen molar-refractivity contribution in [2.45, 2.75) is 130 Å². The lowest BCUT2D eigenvalue weighted by molar-refractivity contribution is -0.154. The van der Waals surface area contributed by atoms with Crippen molar-refractivity contribution >= 4 is 5.97 Å². The van der Waals surface area contributed by atoms with Gasteiger partial charge in [-0.2, -0.15) is 0 Å². The molecule has 150 valence electrons. The zero-order valence-electron chi connectivity index (χ0n) is 17.7. The van der Waals surface area contributed by atoms with E-state index in [1.54, 1.807) is 0 Å². The Labute approximate surface area is 158 Å². The van der Waals surface area contributed by atoms with E-state index >= 15 is 0 Å². The number of hydrogen-bond acceptors (Lipinski definition) is 1. The van der Waals surface area contributed by atoms with Crippen molar-refractivity contribution in [1.82, 2.24) is 0 Å². The van der Waals surface area contributed by atoms with Crippen molar-refractivity contribution in [3.63, 3.8) is 0 Å². The molecule has 0 heterocycles. The van der Waals surface area contributed by atoms with Crippen LogP contribution in [0.25, 0.3) is 0 Å². The van der Waals surface area contributed by atoms with Crippen LogP contribution in [0.2, 0.25) is 0 Å². The third-order valence-electron chi connectivity index (χ3n) is 6.03. The summed E-state index contributed by atoms with van der Waals surface area (Å²) in [5.41, 5.74) is -0.483. The number of carboxylic acid groups (broad SMARTS) is 1. The Hall–Kier alpha value is -0.530. The lowest BCUT2D eigenvalue weighted by Crippen LogP contribution is -2.37. The molecular weight excluding hydrogens is 308 g/mol. The predicted octanol–water partition coefficient (Wildman–Crippen LogP) is 7.99. The molecule has 0 aliphatic carbocycles. The minimum atomic E-state index is -0.540. The molecule has 0 aliphatic rings. The lowest BCUT2D eigenvalue weighted by Gasteiger charge is -2.35. The highest BCUT2D eigenvalue weighted by Crippen LogP contribution is 2.41. The topological polar surface area (TPSA) is 37.3 Å². The average molecular weight is 355 g/mol. The maximum absolute atomic E-state index is 12.2. The summed E-state index contributed by atoms with van der Waals surface area (Å²) in [7, 11) is 0. The lowest BCUT2D eigenvalue weighted by atomic mass is 9.68. The summed E-state index contributed by atoms with van der Waals surface area (Å²) in [4.78, 5) is 12.2. The standard InChI is InChI=1S/C23H46O2/c1-5-8-10-12-14-16-18-21(4)23(19-7-3,22(24)25)20-17-15-13-11-9-6-2/h21H,5-20H2,1-4H3,(H,24,25). The van der Waals surface area contributed by atoms with Crippen LogP contribution in [0.3, 0.4) is 0 Å². The van der Waals surface area contributed by atoms with E-state index in [-0.39, 0.29) is 0 Å². The van der Waals surface area contributed by atoms with E-state index in [0.29, 0.717) is 5.92 Å². The van der Waals surface area contributed by atoms with Gasteiger partial charge in [0.05, 0.1) is 5.41 Å². The fourth-order valence-corrected chi connectivity index (χ4v) is 4.22. The van der Waals surface area contributed by atoms with Gasteiger partial charge in [0.15, 0.2) is 0 Å². The van der Waals surface area contributed by atoms with Crippen LogP contribution in [0.15, 0.2) is 0 Å². The zero-order chi connectivity index (χ0) is 19.0. The Balaban J connectivity index is 4.43. The second-order valence-electron chi connectivity index (χ2n) is 8.19. The molecule has 2 unspecified atom stereocenters. The first-order chi connectivity index (χ1) is 12.0. The molecule has 0 aromatic rings. The van der Waals surface area contributed by atoms with E-state index < -0.39 is 11.4 Å². The second kappa shape index (κ2) is 15.7. The normalized spacial score (nSPS) is 15.0. The summed E-state index contributed by atoms with van der Waals surface area (Å²) in [5, 5.41) is 10.0. The first kappa shape index (κ1) is 24.5. The molecule has 0 saturated carbocycles. The molecule has 1 N–H and O–H groups in total. The fourth-order valence-electron chi connectivity index (χ4n) is 4.22. The van der Waals surface area contributed by atoms with Crippen LogP contribution in [0.4, 0.5) is 0 Å². The van der Waals surface area contributed by atoms with E-state index in [1.165, 1.54) is 70.6 Å². The van der Waals surface area contributed by atoms with E-state index in [4.69, 9.17) is 0 Å². The van der Waals surface area contributed by atoms with Crippen molar-refractivity contribution in [3.8, 4) is 0 Å². The monoisotopic (exact) mass is 354 g/mol. The van der Waals surface area contributed by atoms with Crippen LogP contribution in [-0.2, 0) is 4.79 Å². The number of carbonyl (C=O) groups is 1. The van der Waals surface area contributed by atoms with Crippen molar-refractivity contribution in [2.75, 3.05) is 0 Å². The van der Waals surface area contributed by atoms with Gasteiger partial charge in [0.2, 0.25) is 0 Å². The van der Waals surface area contributed by atoms with Crippen molar-refractivity contribution in [3.05, 3.63) is 0 Å². The minimum absolute atomic E-state index is 0.298. The number of aliphatic carboxylic acids is 1. The smallest absolute Gasteiger partial charge is 0.309 e. The zero-order valence-corrected chi connectivity index (χ0v) is 17.7. The molecule has 0 aromatic heterocycles. The molecule has 0 saturated heterocycles. The Morgan fingerprint density at radius 2 is 1.20 bits per heavy atom. The number of carboxylic acids is 1. The quantitative estimate of drug-likeness (QED) is 0.253. The molecule has 0 fully saturated rings. The molecule has 25 heavy (non-hydrogen) atoms. The van der Waals surface area contributed by atoms with Crippen LogP contribution < -0.4 is 0 Å². The van der Waals surface area contributed by atoms with Gasteiger partial charge < -0.3 is 5.11 Å². The van der Waals surface area contributed by atoms with Crippen molar-refractivity contribution in [2.24, 2.45) is 11.3 Å². The molecule has 0 spiro atoms. The largest absolute Gasteiger partial charge is 0.481 e. The maximum atomic E-state index is 12.2. The Bertz CT molecular complexity index is 313. The van der Waals surface area contributed by atoms with Crippen LogP contribution >= 0.6 is 0 Å². The summed E-state index contributed by atoms with van der Waals surface area (Å²) in [5.74, 6) is -0.242. The number of unbranched alkanes of at least 4 members (excludes halogenated alkanes) is 10. The molecule has 2 nitrogen and oxygen atoms in total. The number of rotatable bonds is 18. The molecule has 0 rings (SSSR count). The van der Waals surface area contributed by atoms with E-state index in [0.717, 1.165) is 32.1 Å². The molecule has 2 heteroatoms. The molecule has 0 radical (unpaired) electrons. The Morgan fingerprint density at radius 3 is 1.68 bits per heavy atom. The highest BCUT2D eigenvalue weighted by Gasteiger charge is 2.41. The average Bonchev–Trinajstić information content (AvgIpc) is 2.59. The minimum Gasteiger partial charge on any atom is -0.481 e. The van der Waals surface area contributed by atoms with Gasteiger partial charge in [-0.15, -0.1) is 0 Å². The Kier molecular flexibility index (Phi) is 15.4.